The quantitative estimate of drug-likeness (QED) is 0.284. The molecule has 2 aromatic carbocycles. The van der Waals surface area contributed by atoms with Gasteiger partial charge in [0.05, 0.1) is 0 Å². The average molecular weight is 650 g/mol. The molecule has 0 spiro atoms. The molecular formula is C19H17Cl2F5INO2Zn. The fraction of sp³-hybridized carbons (Fsp3) is 0.316. The van der Waals surface area contributed by atoms with Crippen molar-refractivity contribution in [3.8, 4) is 0 Å². The van der Waals surface area contributed by atoms with Crippen molar-refractivity contribution < 1.29 is 74.1 Å². The smallest absolute Gasteiger partial charge is 0.490 e. The number of carbonyl (C=O) groups is 1. The van der Waals surface area contributed by atoms with E-state index in [1.165, 1.54) is 24.3 Å². The molecule has 0 aliphatic carbocycles. The molecule has 1 saturated heterocycles. The molecule has 3 nitrogen and oxygen atoms in total. The normalized spacial score (nSPS) is 13.7. The van der Waals surface area contributed by atoms with Crippen molar-refractivity contribution in [1.82, 2.24) is 5.32 Å². The molecule has 12 heteroatoms. The molecule has 1 heterocycles. The van der Waals surface area contributed by atoms with E-state index in [1.807, 2.05) is 6.07 Å². The average Bonchev–Trinajstić information content (AvgIpc) is 2.66. The van der Waals surface area contributed by atoms with Gasteiger partial charge in [-0.3, -0.25) is 0 Å². The minimum absolute atomic E-state index is 0. The molecule has 0 saturated carbocycles. The molecule has 0 aromatic heterocycles. The molecule has 1 aliphatic rings. The number of aliphatic carboxylic acids is 1. The zero-order chi connectivity index (χ0) is 22.9. The van der Waals surface area contributed by atoms with Crippen molar-refractivity contribution in [2.75, 3.05) is 13.1 Å². The Bertz CT molecular complexity index is 853. The van der Waals surface area contributed by atoms with Gasteiger partial charge < -0.3 is 34.4 Å². The Morgan fingerprint density at radius 2 is 1.45 bits per heavy atom. The molecule has 1 fully saturated rings. The summed E-state index contributed by atoms with van der Waals surface area (Å²) >= 11 is 12.6. The Labute approximate surface area is 213 Å². The number of halogens is 8. The van der Waals surface area contributed by atoms with E-state index in [0.717, 1.165) is 54.0 Å². The molecule has 0 unspecified atom stereocenters. The summed E-state index contributed by atoms with van der Waals surface area (Å²) in [5.41, 5.74) is 1.09. The van der Waals surface area contributed by atoms with Gasteiger partial charge in [-0.15, -0.1) is 0 Å². The Balaban J connectivity index is 0.000000462. The van der Waals surface area contributed by atoms with Crippen molar-refractivity contribution in [3.63, 3.8) is 0 Å². The van der Waals surface area contributed by atoms with Gasteiger partial charge in [0.15, 0.2) is 0 Å². The topological polar surface area (TPSA) is 49.3 Å². The third-order valence-electron chi connectivity index (χ3n) is 4.00. The van der Waals surface area contributed by atoms with E-state index in [1.54, 1.807) is 6.07 Å². The van der Waals surface area contributed by atoms with Gasteiger partial charge in [-0.1, -0.05) is 17.7 Å². The summed E-state index contributed by atoms with van der Waals surface area (Å²) in [5, 5.41) is 11.5. The van der Waals surface area contributed by atoms with Crippen LogP contribution in [0.5, 0.6) is 0 Å². The van der Waals surface area contributed by atoms with Crippen molar-refractivity contribution in [2.45, 2.75) is 24.9 Å². The molecule has 2 N–H and O–H groups in total. The van der Waals surface area contributed by atoms with Crippen molar-refractivity contribution in [1.29, 1.82) is 0 Å². The number of carboxylic acid groups (broad SMARTS) is 1. The maximum Gasteiger partial charge on any atom is 0.490 e. The summed E-state index contributed by atoms with van der Waals surface area (Å²) in [5.74, 6) is -2.79. The fourth-order valence-corrected chi connectivity index (χ4v) is 3.44. The van der Waals surface area contributed by atoms with E-state index >= 15 is 0 Å². The predicted octanol–water partition coefficient (Wildman–Crippen LogP) is 2.23. The number of hydrogen-bond acceptors (Lipinski definition) is 2. The first-order chi connectivity index (χ1) is 13.9. The number of carboxylic acids is 1. The third kappa shape index (κ3) is 11.8. The summed E-state index contributed by atoms with van der Waals surface area (Å²) in [6.07, 6.45) is -2.91. The second-order valence-corrected chi connectivity index (χ2v) is 8.64. The molecule has 1 aliphatic heterocycles. The second-order valence-electron chi connectivity index (χ2n) is 6.23. The molecule has 0 bridgehead atoms. The molecule has 2 aromatic rings. The Morgan fingerprint density at radius 1 is 1.00 bits per heavy atom. The number of hydrogen-bond donors (Lipinski definition) is 2. The van der Waals surface area contributed by atoms with Crippen LogP contribution in [0, 0.1) is 11.6 Å². The fourth-order valence-electron chi connectivity index (χ4n) is 2.49. The third-order valence-corrected chi connectivity index (χ3v) is 6.44. The van der Waals surface area contributed by atoms with Gasteiger partial charge in [0.2, 0.25) is 0 Å². The van der Waals surface area contributed by atoms with Crippen LogP contribution in [-0.4, -0.2) is 30.3 Å². The first-order valence-electron chi connectivity index (χ1n) is 8.64. The van der Waals surface area contributed by atoms with Crippen LogP contribution < -0.4 is 33.5 Å². The molecule has 168 valence electrons. The number of benzene rings is 2. The number of nitrogens with one attached hydrogen (secondary N) is 1. The summed E-state index contributed by atoms with van der Waals surface area (Å²) < 4.78 is 57.9. The van der Waals surface area contributed by atoms with Crippen LogP contribution in [0.3, 0.4) is 0 Å². The molecule has 0 radical (unpaired) electrons. The SMILES string of the molecule is Fc1cc[c]([Zn+])c(Cl)c1.Fc1ccc(C2CCNCC2)c(Cl)c1.O=C(O)C(F)(F)F.[I-]. The van der Waals surface area contributed by atoms with E-state index in [4.69, 9.17) is 33.1 Å². The molecule has 0 atom stereocenters. The van der Waals surface area contributed by atoms with Gasteiger partial charge in [0, 0.05) is 5.02 Å². The van der Waals surface area contributed by atoms with Crippen LogP contribution in [0.1, 0.15) is 24.3 Å². The Hall–Kier alpha value is -0.547. The zero-order valence-corrected chi connectivity index (χ0v) is 22.6. The number of rotatable bonds is 1. The minimum Gasteiger partial charge on any atom is -1.00 e. The zero-order valence-electron chi connectivity index (χ0n) is 16.0. The first-order valence-corrected chi connectivity index (χ1v) is 10.9. The Morgan fingerprint density at radius 3 is 1.84 bits per heavy atom. The van der Waals surface area contributed by atoms with E-state index in [2.05, 4.69) is 5.32 Å². The largest absolute Gasteiger partial charge is 1.00 e. The van der Waals surface area contributed by atoms with Crippen LogP contribution in [0.15, 0.2) is 36.4 Å². The van der Waals surface area contributed by atoms with Gasteiger partial charge in [-0.05, 0) is 49.5 Å². The van der Waals surface area contributed by atoms with Gasteiger partial charge in [-0.25, -0.2) is 9.18 Å². The standard InChI is InChI=1S/C11H13ClFN.C6H3ClF.C2HF3O2.HI.Zn/c12-11-7-9(13)1-2-10(11)8-3-5-14-6-4-8;7-5-2-1-3-6(8)4-5;3-2(4,5)1(6)7;;/h1-2,7-8,14H,3-6H2;1,3-4H;(H,6,7);1H;/q;;;;+1/p-1. The van der Waals surface area contributed by atoms with Crippen LogP contribution in [0.2, 0.25) is 10.0 Å². The van der Waals surface area contributed by atoms with Crippen molar-refractivity contribution >= 4 is 33.3 Å². The summed E-state index contributed by atoms with van der Waals surface area (Å²) in [6.45, 7) is 2.05. The van der Waals surface area contributed by atoms with Crippen LogP contribution in [0.25, 0.3) is 0 Å². The summed E-state index contributed by atoms with van der Waals surface area (Å²) in [6, 6.07) is 9.17. The maximum absolute atomic E-state index is 12.8. The molecule has 31 heavy (non-hydrogen) atoms. The first kappa shape index (κ1) is 30.5. The van der Waals surface area contributed by atoms with Crippen LogP contribution in [-0.2, 0) is 23.1 Å². The molecular weight excluding hydrogens is 632 g/mol. The maximum atomic E-state index is 12.8. The van der Waals surface area contributed by atoms with E-state index in [0.29, 0.717) is 16.0 Å². The van der Waals surface area contributed by atoms with Gasteiger partial charge >= 0.3 is 79.6 Å². The number of piperidine rings is 1. The van der Waals surface area contributed by atoms with E-state index in [-0.39, 0.29) is 35.6 Å². The van der Waals surface area contributed by atoms with Gasteiger partial charge in [0.1, 0.15) is 5.82 Å². The minimum atomic E-state index is -5.08. The monoisotopic (exact) mass is 647 g/mol. The second kappa shape index (κ2) is 14.6. The van der Waals surface area contributed by atoms with Crippen molar-refractivity contribution in [2.24, 2.45) is 0 Å². The Kier molecular flexibility index (Phi) is 14.3. The van der Waals surface area contributed by atoms with Crippen LogP contribution >= 0.6 is 23.2 Å². The summed E-state index contributed by atoms with van der Waals surface area (Å²) in [7, 11) is 0. The molecule has 3 rings (SSSR count). The number of alkyl halides is 3. The predicted molar refractivity (Wildman–Crippen MR) is 101 cm³/mol. The van der Waals surface area contributed by atoms with Crippen molar-refractivity contribution in [3.05, 3.63) is 63.6 Å². The van der Waals surface area contributed by atoms with E-state index < -0.39 is 12.1 Å². The van der Waals surface area contributed by atoms with Gasteiger partial charge in [0.25, 0.3) is 0 Å². The van der Waals surface area contributed by atoms with Crippen LogP contribution in [0.4, 0.5) is 22.0 Å². The summed E-state index contributed by atoms with van der Waals surface area (Å²) in [4.78, 5) is 8.90. The van der Waals surface area contributed by atoms with Gasteiger partial charge in [-0.2, -0.15) is 13.2 Å². The van der Waals surface area contributed by atoms with E-state index in [9.17, 15) is 22.0 Å². The molecule has 0 amide bonds.